The van der Waals surface area contributed by atoms with Gasteiger partial charge in [-0.15, -0.1) is 0 Å². The van der Waals surface area contributed by atoms with Crippen molar-refractivity contribution in [3.05, 3.63) is 34.9 Å². The quantitative estimate of drug-likeness (QED) is 0.903. The minimum atomic E-state index is -0.690. The number of ether oxygens (including phenoxy) is 1. The molecule has 2 atom stereocenters. The molecule has 3 rings (SSSR count). The van der Waals surface area contributed by atoms with E-state index >= 15 is 0 Å². The fourth-order valence-electron chi connectivity index (χ4n) is 3.21. The van der Waals surface area contributed by atoms with Crippen LogP contribution in [-0.4, -0.2) is 58.7 Å². The van der Waals surface area contributed by atoms with E-state index in [-0.39, 0.29) is 25.5 Å². The van der Waals surface area contributed by atoms with Crippen LogP contribution in [0.1, 0.15) is 24.8 Å². The molecule has 0 spiro atoms. The smallest absolute Gasteiger partial charge is 0.410 e. The Balaban J connectivity index is 1.61. The summed E-state index contributed by atoms with van der Waals surface area (Å²) >= 11 is 5.82. The number of amides is 2. The number of hydrogen-bond acceptors (Lipinski definition) is 4. The van der Waals surface area contributed by atoms with Crippen LogP contribution >= 0.6 is 11.6 Å². The van der Waals surface area contributed by atoms with Crippen molar-refractivity contribution in [1.29, 1.82) is 0 Å². The van der Waals surface area contributed by atoms with Gasteiger partial charge in [0.1, 0.15) is 12.6 Å². The maximum absolute atomic E-state index is 12.6. The molecule has 0 bridgehead atoms. The second kappa shape index (κ2) is 7.40. The third-order valence-electron chi connectivity index (χ3n) is 4.49. The van der Waals surface area contributed by atoms with Crippen molar-refractivity contribution < 1.29 is 19.4 Å². The molecule has 2 heterocycles. The SMILES string of the molecule is O=C(C1CC(O)CN1C(=O)OCc1ccc(Cl)cc1)N1CCCC1. The molecule has 2 fully saturated rings. The summed E-state index contributed by atoms with van der Waals surface area (Å²) in [5.41, 5.74) is 0.815. The average molecular weight is 353 g/mol. The van der Waals surface area contributed by atoms with Crippen LogP contribution in [-0.2, 0) is 16.1 Å². The Hall–Kier alpha value is -1.79. The average Bonchev–Trinajstić information content (AvgIpc) is 3.23. The van der Waals surface area contributed by atoms with Crippen molar-refractivity contribution in [3.8, 4) is 0 Å². The number of carbonyl (C=O) groups excluding carboxylic acids is 2. The number of benzene rings is 1. The first-order valence-electron chi connectivity index (χ1n) is 8.19. The van der Waals surface area contributed by atoms with Crippen LogP contribution in [0.2, 0.25) is 5.02 Å². The lowest BCUT2D eigenvalue weighted by Crippen LogP contribution is -2.47. The monoisotopic (exact) mass is 352 g/mol. The van der Waals surface area contributed by atoms with E-state index in [1.54, 1.807) is 29.2 Å². The maximum atomic E-state index is 12.6. The predicted octanol–water partition coefficient (Wildman–Crippen LogP) is 2.03. The molecule has 0 saturated carbocycles. The first-order chi connectivity index (χ1) is 11.5. The molecule has 2 unspecified atom stereocenters. The first-order valence-corrected chi connectivity index (χ1v) is 8.57. The molecule has 7 heteroatoms. The van der Waals surface area contributed by atoms with Gasteiger partial charge in [0.25, 0.3) is 0 Å². The van der Waals surface area contributed by atoms with Gasteiger partial charge in [-0.05, 0) is 30.5 Å². The number of nitrogens with zero attached hydrogens (tertiary/aromatic N) is 2. The standard InChI is InChI=1S/C17H21ClN2O4/c18-13-5-3-12(4-6-13)11-24-17(23)20-10-14(21)9-15(20)16(22)19-7-1-2-8-19/h3-6,14-15,21H,1-2,7-11H2. The molecule has 2 amide bonds. The molecule has 1 aromatic carbocycles. The van der Waals surface area contributed by atoms with E-state index in [2.05, 4.69) is 0 Å². The Bertz CT molecular complexity index is 601. The fourth-order valence-corrected chi connectivity index (χ4v) is 3.33. The van der Waals surface area contributed by atoms with E-state index < -0.39 is 18.2 Å². The van der Waals surface area contributed by atoms with Crippen molar-refractivity contribution in [1.82, 2.24) is 9.80 Å². The van der Waals surface area contributed by atoms with E-state index in [1.807, 2.05) is 0 Å². The minimum absolute atomic E-state index is 0.0903. The first kappa shape index (κ1) is 17.0. The predicted molar refractivity (Wildman–Crippen MR) is 88.6 cm³/mol. The zero-order chi connectivity index (χ0) is 17.1. The highest BCUT2D eigenvalue weighted by Gasteiger charge is 2.42. The van der Waals surface area contributed by atoms with E-state index in [1.165, 1.54) is 4.90 Å². The lowest BCUT2D eigenvalue weighted by Gasteiger charge is -2.26. The molecule has 0 aromatic heterocycles. The lowest BCUT2D eigenvalue weighted by atomic mass is 10.2. The third kappa shape index (κ3) is 3.82. The van der Waals surface area contributed by atoms with Gasteiger partial charge in [0.15, 0.2) is 0 Å². The van der Waals surface area contributed by atoms with Crippen LogP contribution in [0.4, 0.5) is 4.79 Å². The highest BCUT2D eigenvalue weighted by molar-refractivity contribution is 6.30. The number of β-amino-alcohol motifs (C(OH)–C–C–N with tert-alkyl or cyclic N) is 1. The van der Waals surface area contributed by atoms with E-state index in [0.717, 1.165) is 31.5 Å². The van der Waals surface area contributed by atoms with Crippen molar-refractivity contribution in [2.45, 2.75) is 38.0 Å². The lowest BCUT2D eigenvalue weighted by molar-refractivity contribution is -0.134. The van der Waals surface area contributed by atoms with Gasteiger partial charge in [0, 0.05) is 24.5 Å². The third-order valence-corrected chi connectivity index (χ3v) is 4.74. The van der Waals surface area contributed by atoms with Gasteiger partial charge < -0.3 is 14.7 Å². The minimum Gasteiger partial charge on any atom is -0.445 e. The molecule has 2 aliphatic heterocycles. The van der Waals surface area contributed by atoms with Gasteiger partial charge >= 0.3 is 6.09 Å². The summed E-state index contributed by atoms with van der Waals surface area (Å²) in [6.07, 6.45) is 0.985. The Morgan fingerprint density at radius 3 is 2.54 bits per heavy atom. The highest BCUT2D eigenvalue weighted by atomic mass is 35.5. The molecule has 6 nitrogen and oxygen atoms in total. The van der Waals surface area contributed by atoms with Gasteiger partial charge in [-0.1, -0.05) is 23.7 Å². The van der Waals surface area contributed by atoms with Crippen LogP contribution in [0, 0.1) is 0 Å². The Kier molecular flexibility index (Phi) is 5.26. The second-order valence-electron chi connectivity index (χ2n) is 6.27. The molecule has 0 aliphatic carbocycles. The van der Waals surface area contributed by atoms with Gasteiger partial charge in [0.05, 0.1) is 12.6 Å². The van der Waals surface area contributed by atoms with Crippen molar-refractivity contribution in [2.75, 3.05) is 19.6 Å². The zero-order valence-electron chi connectivity index (χ0n) is 13.4. The highest BCUT2D eigenvalue weighted by Crippen LogP contribution is 2.23. The van der Waals surface area contributed by atoms with Gasteiger partial charge in [-0.25, -0.2) is 4.79 Å². The number of carbonyl (C=O) groups is 2. The Morgan fingerprint density at radius 2 is 1.88 bits per heavy atom. The molecule has 2 saturated heterocycles. The number of aliphatic hydroxyl groups excluding tert-OH is 1. The molecule has 130 valence electrons. The van der Waals surface area contributed by atoms with Gasteiger partial charge in [-0.2, -0.15) is 0 Å². The summed E-state index contributed by atoms with van der Waals surface area (Å²) in [4.78, 5) is 28.0. The molecular weight excluding hydrogens is 332 g/mol. The summed E-state index contributed by atoms with van der Waals surface area (Å²) in [7, 11) is 0. The van der Waals surface area contributed by atoms with E-state index in [0.29, 0.717) is 5.02 Å². The summed E-state index contributed by atoms with van der Waals surface area (Å²) in [5, 5.41) is 10.5. The second-order valence-corrected chi connectivity index (χ2v) is 6.71. The Morgan fingerprint density at radius 1 is 1.21 bits per heavy atom. The zero-order valence-corrected chi connectivity index (χ0v) is 14.1. The number of hydrogen-bond donors (Lipinski definition) is 1. The van der Waals surface area contributed by atoms with Crippen molar-refractivity contribution in [3.63, 3.8) is 0 Å². The normalized spacial score (nSPS) is 23.6. The fraction of sp³-hybridized carbons (Fsp3) is 0.529. The van der Waals surface area contributed by atoms with Crippen LogP contribution in [0.15, 0.2) is 24.3 Å². The van der Waals surface area contributed by atoms with Crippen molar-refractivity contribution in [2.24, 2.45) is 0 Å². The van der Waals surface area contributed by atoms with Gasteiger partial charge in [-0.3, -0.25) is 9.69 Å². The molecule has 1 aromatic rings. The summed E-state index contributed by atoms with van der Waals surface area (Å²) in [6.45, 7) is 1.68. The van der Waals surface area contributed by atoms with Crippen LogP contribution < -0.4 is 0 Å². The number of halogens is 1. The maximum Gasteiger partial charge on any atom is 0.410 e. The summed E-state index contributed by atoms with van der Waals surface area (Å²) in [5.74, 6) is -0.0903. The van der Waals surface area contributed by atoms with Crippen LogP contribution in [0.25, 0.3) is 0 Å². The largest absolute Gasteiger partial charge is 0.445 e. The number of rotatable bonds is 3. The van der Waals surface area contributed by atoms with Crippen molar-refractivity contribution >= 4 is 23.6 Å². The van der Waals surface area contributed by atoms with Gasteiger partial charge in [0.2, 0.25) is 5.91 Å². The molecule has 0 radical (unpaired) electrons. The Labute approximate surface area is 145 Å². The van der Waals surface area contributed by atoms with Crippen LogP contribution in [0.3, 0.4) is 0 Å². The summed E-state index contributed by atoms with van der Waals surface area (Å²) in [6, 6.07) is 6.38. The summed E-state index contributed by atoms with van der Waals surface area (Å²) < 4.78 is 5.31. The molecule has 2 aliphatic rings. The topological polar surface area (TPSA) is 70.1 Å². The molecule has 24 heavy (non-hydrogen) atoms. The number of likely N-dealkylation sites (tertiary alicyclic amines) is 2. The van der Waals surface area contributed by atoms with E-state index in [4.69, 9.17) is 16.3 Å². The molecule has 1 N–H and O–H groups in total. The van der Waals surface area contributed by atoms with Crippen LogP contribution in [0.5, 0.6) is 0 Å². The molecular formula is C17H21ClN2O4. The number of aliphatic hydroxyl groups is 1. The van der Waals surface area contributed by atoms with E-state index in [9.17, 15) is 14.7 Å².